The Balaban J connectivity index is 1.66. The first-order chi connectivity index (χ1) is 11.6. The van der Waals surface area contributed by atoms with Crippen molar-refractivity contribution < 1.29 is 19.0 Å². The van der Waals surface area contributed by atoms with Crippen LogP contribution in [0.4, 0.5) is 4.79 Å². The van der Waals surface area contributed by atoms with Gasteiger partial charge in [0.05, 0.1) is 18.7 Å². The van der Waals surface area contributed by atoms with Crippen LogP contribution in [0.2, 0.25) is 0 Å². The zero-order chi connectivity index (χ0) is 16.9. The van der Waals surface area contributed by atoms with Crippen LogP contribution in [0.5, 0.6) is 11.5 Å². The Morgan fingerprint density at radius 3 is 2.67 bits per heavy atom. The van der Waals surface area contributed by atoms with E-state index in [1.54, 1.807) is 0 Å². The normalized spacial score (nSPS) is 21.2. The summed E-state index contributed by atoms with van der Waals surface area (Å²) < 4.78 is 16.6. The van der Waals surface area contributed by atoms with Crippen molar-refractivity contribution in [1.29, 1.82) is 0 Å². The Bertz CT molecular complexity index is 570. The molecule has 2 heterocycles. The molecule has 0 spiro atoms. The van der Waals surface area contributed by atoms with Gasteiger partial charge in [-0.05, 0) is 36.5 Å². The van der Waals surface area contributed by atoms with Crippen LogP contribution in [-0.4, -0.2) is 38.5 Å². The van der Waals surface area contributed by atoms with Crippen LogP contribution in [0.25, 0.3) is 0 Å². The molecule has 1 aromatic carbocycles. The zero-order valence-corrected chi connectivity index (χ0v) is 14.3. The monoisotopic (exact) mass is 334 g/mol. The Labute approximate surface area is 142 Å². The molecule has 0 saturated carbocycles. The number of nitrogens with one attached hydrogen (secondary N) is 2. The van der Waals surface area contributed by atoms with Gasteiger partial charge in [-0.1, -0.05) is 19.9 Å². The molecule has 0 aliphatic carbocycles. The summed E-state index contributed by atoms with van der Waals surface area (Å²) >= 11 is 0. The predicted octanol–water partition coefficient (Wildman–Crippen LogP) is 2.63. The first-order valence-corrected chi connectivity index (χ1v) is 8.68. The van der Waals surface area contributed by atoms with Gasteiger partial charge in [0.15, 0.2) is 11.5 Å². The molecule has 1 aromatic rings. The van der Waals surface area contributed by atoms with Crippen LogP contribution in [0.3, 0.4) is 0 Å². The largest absolute Gasteiger partial charge is 0.486 e. The number of hydrogen-bond donors (Lipinski definition) is 2. The highest BCUT2D eigenvalue weighted by molar-refractivity contribution is 5.75. The number of rotatable bonds is 4. The van der Waals surface area contributed by atoms with Crippen LogP contribution >= 0.6 is 0 Å². The third-order valence-electron chi connectivity index (χ3n) is 4.37. The van der Waals surface area contributed by atoms with Gasteiger partial charge in [-0.15, -0.1) is 0 Å². The van der Waals surface area contributed by atoms with Crippen LogP contribution in [-0.2, 0) is 4.74 Å². The van der Waals surface area contributed by atoms with Gasteiger partial charge in [0.25, 0.3) is 0 Å². The highest BCUT2D eigenvalue weighted by atomic mass is 16.6. The van der Waals surface area contributed by atoms with Gasteiger partial charge in [-0.2, -0.15) is 0 Å². The molecule has 2 aliphatic rings. The average Bonchev–Trinajstić information content (AvgIpc) is 2.60. The van der Waals surface area contributed by atoms with E-state index in [9.17, 15) is 4.79 Å². The van der Waals surface area contributed by atoms with Crippen molar-refractivity contribution in [3.05, 3.63) is 23.8 Å². The van der Waals surface area contributed by atoms with Gasteiger partial charge in [0, 0.05) is 6.61 Å². The van der Waals surface area contributed by atoms with Crippen LogP contribution in [0.15, 0.2) is 18.2 Å². The number of fused-ring (bicyclic) bond motifs is 1. The van der Waals surface area contributed by atoms with E-state index in [0.29, 0.717) is 19.8 Å². The molecule has 6 heteroatoms. The molecule has 3 rings (SSSR count). The Morgan fingerprint density at radius 1 is 1.17 bits per heavy atom. The summed E-state index contributed by atoms with van der Waals surface area (Å²) in [5, 5.41) is 6.09. The second kappa shape index (κ2) is 7.75. The maximum Gasteiger partial charge on any atom is 0.315 e. The van der Waals surface area contributed by atoms with Gasteiger partial charge in [0.2, 0.25) is 0 Å². The molecule has 1 saturated heterocycles. The summed E-state index contributed by atoms with van der Waals surface area (Å²) in [6.45, 7) is 6.68. The van der Waals surface area contributed by atoms with Gasteiger partial charge in [-0.3, -0.25) is 0 Å². The summed E-state index contributed by atoms with van der Waals surface area (Å²) in [6.07, 6.45) is 1.95. The molecule has 24 heavy (non-hydrogen) atoms. The van der Waals surface area contributed by atoms with E-state index >= 15 is 0 Å². The first kappa shape index (κ1) is 16.9. The molecule has 6 nitrogen and oxygen atoms in total. The minimum atomic E-state index is -0.154. The SMILES string of the molecule is CC(C)C(NC(=O)NC1CCCOC1)c1ccc2c(c1)OCCO2. The van der Waals surface area contributed by atoms with Crippen molar-refractivity contribution in [2.45, 2.75) is 38.8 Å². The molecule has 1 fully saturated rings. The second-order valence-corrected chi connectivity index (χ2v) is 6.66. The molecule has 2 N–H and O–H groups in total. The predicted molar refractivity (Wildman–Crippen MR) is 90.5 cm³/mol. The number of ether oxygens (including phenoxy) is 3. The van der Waals surface area contributed by atoms with Crippen molar-refractivity contribution in [3.8, 4) is 11.5 Å². The molecule has 0 radical (unpaired) electrons. The van der Waals surface area contributed by atoms with Crippen molar-refractivity contribution >= 4 is 6.03 Å². The van der Waals surface area contributed by atoms with E-state index < -0.39 is 0 Å². The van der Waals surface area contributed by atoms with E-state index in [4.69, 9.17) is 14.2 Å². The maximum absolute atomic E-state index is 12.4. The summed E-state index contributed by atoms with van der Waals surface area (Å²) in [4.78, 5) is 12.4. The van der Waals surface area contributed by atoms with E-state index in [-0.39, 0.29) is 24.0 Å². The summed E-state index contributed by atoms with van der Waals surface area (Å²) in [6, 6.07) is 5.70. The number of benzene rings is 1. The van der Waals surface area contributed by atoms with Gasteiger partial charge in [-0.25, -0.2) is 4.79 Å². The van der Waals surface area contributed by atoms with Crippen LogP contribution in [0.1, 0.15) is 38.3 Å². The lowest BCUT2D eigenvalue weighted by molar-refractivity contribution is 0.0729. The van der Waals surface area contributed by atoms with E-state index in [1.165, 1.54) is 0 Å². The Hall–Kier alpha value is -1.95. The fraction of sp³-hybridized carbons (Fsp3) is 0.611. The zero-order valence-electron chi connectivity index (χ0n) is 14.3. The van der Waals surface area contributed by atoms with Crippen molar-refractivity contribution in [1.82, 2.24) is 10.6 Å². The van der Waals surface area contributed by atoms with Crippen molar-refractivity contribution in [2.75, 3.05) is 26.4 Å². The highest BCUT2D eigenvalue weighted by Crippen LogP contribution is 2.34. The lowest BCUT2D eigenvalue weighted by Crippen LogP contribution is -2.47. The maximum atomic E-state index is 12.4. The summed E-state index contributed by atoms with van der Waals surface area (Å²) in [5.41, 5.74) is 1.02. The van der Waals surface area contributed by atoms with Gasteiger partial charge in [0.1, 0.15) is 13.2 Å². The molecule has 2 aliphatic heterocycles. The van der Waals surface area contributed by atoms with E-state index in [1.807, 2.05) is 18.2 Å². The topological polar surface area (TPSA) is 68.8 Å². The lowest BCUT2D eigenvalue weighted by atomic mass is 9.95. The van der Waals surface area contributed by atoms with Crippen LogP contribution < -0.4 is 20.1 Å². The highest BCUT2D eigenvalue weighted by Gasteiger charge is 2.23. The lowest BCUT2D eigenvalue weighted by Gasteiger charge is -2.28. The summed E-state index contributed by atoms with van der Waals surface area (Å²) in [7, 11) is 0. The molecular weight excluding hydrogens is 308 g/mol. The average molecular weight is 334 g/mol. The van der Waals surface area contributed by atoms with Crippen LogP contribution in [0, 0.1) is 5.92 Å². The third kappa shape index (κ3) is 4.12. The van der Waals surface area contributed by atoms with Crippen molar-refractivity contribution in [2.24, 2.45) is 5.92 Å². The minimum absolute atomic E-state index is 0.0897. The Kier molecular flexibility index (Phi) is 5.45. The fourth-order valence-corrected chi connectivity index (χ4v) is 3.11. The number of urea groups is 1. The summed E-state index contributed by atoms with van der Waals surface area (Å²) in [5.74, 6) is 1.75. The minimum Gasteiger partial charge on any atom is -0.486 e. The first-order valence-electron chi connectivity index (χ1n) is 8.68. The number of hydrogen-bond acceptors (Lipinski definition) is 4. The van der Waals surface area contributed by atoms with Gasteiger partial charge < -0.3 is 24.8 Å². The second-order valence-electron chi connectivity index (χ2n) is 6.66. The molecule has 2 atom stereocenters. The molecule has 132 valence electrons. The number of amides is 2. The Morgan fingerprint density at radius 2 is 1.96 bits per heavy atom. The fourth-order valence-electron chi connectivity index (χ4n) is 3.11. The van der Waals surface area contributed by atoms with E-state index in [0.717, 1.165) is 36.5 Å². The van der Waals surface area contributed by atoms with Crippen molar-refractivity contribution in [3.63, 3.8) is 0 Å². The smallest absolute Gasteiger partial charge is 0.315 e. The molecule has 2 unspecified atom stereocenters. The third-order valence-corrected chi connectivity index (χ3v) is 4.37. The molecule has 0 bridgehead atoms. The standard InChI is InChI=1S/C18H26N2O4/c1-12(2)17(20-18(21)19-14-4-3-7-22-11-14)13-5-6-15-16(10-13)24-9-8-23-15/h5-6,10,12,14,17H,3-4,7-9,11H2,1-2H3,(H2,19,20,21). The molecule has 0 aromatic heterocycles. The number of carbonyl (C=O) groups excluding carboxylic acids is 1. The molecular formula is C18H26N2O4. The van der Waals surface area contributed by atoms with Gasteiger partial charge >= 0.3 is 6.03 Å². The quantitative estimate of drug-likeness (QED) is 0.888. The van der Waals surface area contributed by atoms with E-state index in [2.05, 4.69) is 24.5 Å². The number of carbonyl (C=O) groups is 1. The molecule has 2 amide bonds.